The van der Waals surface area contributed by atoms with Gasteiger partial charge in [0.15, 0.2) is 15.6 Å². The van der Waals surface area contributed by atoms with Crippen LogP contribution in [-0.2, 0) is 30.1 Å². The van der Waals surface area contributed by atoms with Gasteiger partial charge in [-0.25, -0.2) is 8.42 Å². The van der Waals surface area contributed by atoms with Gasteiger partial charge in [0.25, 0.3) is 0 Å². The lowest BCUT2D eigenvalue weighted by Crippen LogP contribution is -2.24. The predicted octanol–water partition coefficient (Wildman–Crippen LogP) is 1.45. The maximum atomic E-state index is 13.5. The molecule has 0 aliphatic rings. The Balaban J connectivity index is 2.35. The van der Waals surface area contributed by atoms with E-state index in [4.69, 9.17) is 0 Å². The number of aromatic nitrogens is 4. The van der Waals surface area contributed by atoms with Crippen LogP contribution in [0, 0.1) is 13.8 Å². The van der Waals surface area contributed by atoms with E-state index >= 15 is 0 Å². The smallest absolute Gasteiger partial charge is 0.416 e. The Labute approximate surface area is 186 Å². The normalized spacial score (nSPS) is 12.2. The molecular formula is C20H18F3N4O5S-. The molecule has 13 heteroatoms. The zero-order valence-electron chi connectivity index (χ0n) is 18.1. The van der Waals surface area contributed by atoms with Crippen LogP contribution in [0.25, 0.3) is 11.4 Å². The molecule has 3 rings (SSSR count). The Morgan fingerprint density at radius 3 is 1.91 bits per heavy atom. The maximum absolute atomic E-state index is 13.5. The SMILES string of the molecule is Cc1nn(C)c(-c2c(C(=O)c3ccc(C(F)(F)F)cc3S(C)(=O)=O)c(C)nn2C)c1C(=O)[O-]. The molecule has 0 radical (unpaired) electrons. The number of ketones is 1. The van der Waals surface area contributed by atoms with Gasteiger partial charge in [0.1, 0.15) is 0 Å². The number of aryl methyl sites for hydroxylation is 4. The summed E-state index contributed by atoms with van der Waals surface area (Å²) >= 11 is 0. The third-order valence-corrected chi connectivity index (χ3v) is 6.19. The first-order valence-corrected chi connectivity index (χ1v) is 11.2. The van der Waals surface area contributed by atoms with Crippen molar-refractivity contribution in [1.29, 1.82) is 0 Å². The second-order valence-electron chi connectivity index (χ2n) is 7.46. The molecule has 2 aromatic heterocycles. The molecule has 0 aliphatic heterocycles. The number of carbonyl (C=O) groups excluding carboxylic acids is 2. The van der Waals surface area contributed by atoms with Gasteiger partial charge >= 0.3 is 6.18 Å². The topological polar surface area (TPSA) is 127 Å². The Hall–Kier alpha value is -3.48. The van der Waals surface area contributed by atoms with Gasteiger partial charge < -0.3 is 9.90 Å². The molecule has 0 atom stereocenters. The second-order valence-corrected chi connectivity index (χ2v) is 9.45. The molecule has 0 aliphatic carbocycles. The highest BCUT2D eigenvalue weighted by Crippen LogP contribution is 2.35. The molecule has 1 aromatic carbocycles. The molecule has 176 valence electrons. The summed E-state index contributed by atoms with van der Waals surface area (Å²) in [5, 5.41) is 19.9. The van der Waals surface area contributed by atoms with Crippen LogP contribution in [0.3, 0.4) is 0 Å². The van der Waals surface area contributed by atoms with Crippen LogP contribution in [0.4, 0.5) is 13.2 Å². The minimum Gasteiger partial charge on any atom is -0.545 e. The van der Waals surface area contributed by atoms with E-state index in [9.17, 15) is 36.3 Å². The van der Waals surface area contributed by atoms with Crippen LogP contribution < -0.4 is 5.11 Å². The van der Waals surface area contributed by atoms with Crippen molar-refractivity contribution in [3.63, 3.8) is 0 Å². The fraction of sp³-hybridized carbons (Fsp3) is 0.300. The summed E-state index contributed by atoms with van der Waals surface area (Å²) in [7, 11) is -1.38. The number of nitrogens with zero attached hydrogens (tertiary/aromatic N) is 4. The van der Waals surface area contributed by atoms with E-state index < -0.39 is 43.8 Å². The molecular weight excluding hydrogens is 465 g/mol. The molecule has 0 unspecified atom stereocenters. The fourth-order valence-electron chi connectivity index (χ4n) is 3.70. The van der Waals surface area contributed by atoms with Gasteiger partial charge in [-0.3, -0.25) is 14.2 Å². The van der Waals surface area contributed by atoms with Crippen molar-refractivity contribution < 1.29 is 36.3 Å². The third kappa shape index (κ3) is 4.15. The molecule has 0 fully saturated rings. The molecule has 0 bridgehead atoms. The maximum Gasteiger partial charge on any atom is 0.416 e. The number of aromatic carboxylic acids is 1. The van der Waals surface area contributed by atoms with Crippen molar-refractivity contribution in [2.75, 3.05) is 6.26 Å². The van der Waals surface area contributed by atoms with E-state index in [0.29, 0.717) is 18.4 Å². The number of hydrogen-bond acceptors (Lipinski definition) is 7. The second kappa shape index (κ2) is 7.83. The minimum atomic E-state index is -4.83. The van der Waals surface area contributed by atoms with Crippen molar-refractivity contribution in [1.82, 2.24) is 19.6 Å². The molecule has 2 heterocycles. The highest BCUT2D eigenvalue weighted by molar-refractivity contribution is 7.90. The van der Waals surface area contributed by atoms with Gasteiger partial charge in [0, 0.05) is 31.5 Å². The fourth-order valence-corrected chi connectivity index (χ4v) is 4.60. The first-order chi connectivity index (χ1) is 15.1. The van der Waals surface area contributed by atoms with E-state index in [1.54, 1.807) is 0 Å². The number of alkyl halides is 3. The largest absolute Gasteiger partial charge is 0.545 e. The van der Waals surface area contributed by atoms with Gasteiger partial charge in [-0.05, 0) is 32.0 Å². The number of carbonyl (C=O) groups is 2. The predicted molar refractivity (Wildman–Crippen MR) is 107 cm³/mol. The summed E-state index contributed by atoms with van der Waals surface area (Å²) in [6, 6.07) is 1.79. The van der Waals surface area contributed by atoms with Gasteiger partial charge in [0.05, 0.1) is 44.8 Å². The summed E-state index contributed by atoms with van der Waals surface area (Å²) in [5.74, 6) is -2.49. The van der Waals surface area contributed by atoms with Crippen LogP contribution in [0.1, 0.15) is 43.2 Å². The lowest BCUT2D eigenvalue weighted by Gasteiger charge is -2.14. The van der Waals surface area contributed by atoms with E-state index in [0.717, 1.165) is 6.07 Å². The Morgan fingerprint density at radius 1 is 0.970 bits per heavy atom. The molecule has 0 saturated carbocycles. The average molecular weight is 483 g/mol. The van der Waals surface area contributed by atoms with E-state index in [1.165, 1.54) is 37.3 Å². The molecule has 3 aromatic rings. The van der Waals surface area contributed by atoms with Crippen LogP contribution in [0.2, 0.25) is 0 Å². The lowest BCUT2D eigenvalue weighted by molar-refractivity contribution is -0.255. The number of carboxylic acids is 1. The number of rotatable bonds is 5. The van der Waals surface area contributed by atoms with Crippen LogP contribution >= 0.6 is 0 Å². The van der Waals surface area contributed by atoms with Crippen LogP contribution in [0.15, 0.2) is 23.1 Å². The van der Waals surface area contributed by atoms with E-state index in [1.807, 2.05) is 0 Å². The highest BCUT2D eigenvalue weighted by atomic mass is 32.2. The molecule has 0 amide bonds. The van der Waals surface area contributed by atoms with Crippen LogP contribution in [-0.4, -0.2) is 46.0 Å². The van der Waals surface area contributed by atoms with Gasteiger partial charge in [-0.1, -0.05) is 0 Å². The Morgan fingerprint density at radius 2 is 1.45 bits per heavy atom. The van der Waals surface area contributed by atoms with Crippen molar-refractivity contribution in [2.45, 2.75) is 24.9 Å². The molecule has 0 spiro atoms. The summed E-state index contributed by atoms with van der Waals surface area (Å²) in [5.41, 5.74) is -2.01. The van der Waals surface area contributed by atoms with E-state index in [2.05, 4.69) is 10.2 Å². The summed E-state index contributed by atoms with van der Waals surface area (Å²) < 4.78 is 66.5. The quantitative estimate of drug-likeness (QED) is 0.503. The molecule has 9 nitrogen and oxygen atoms in total. The third-order valence-electron chi connectivity index (χ3n) is 5.05. The number of benzene rings is 1. The Bertz CT molecular complexity index is 1420. The number of hydrogen-bond donors (Lipinski definition) is 0. The van der Waals surface area contributed by atoms with Gasteiger partial charge in [-0.2, -0.15) is 23.4 Å². The first kappa shape index (κ1) is 24.2. The van der Waals surface area contributed by atoms with Crippen molar-refractivity contribution in [2.24, 2.45) is 14.1 Å². The molecule has 0 N–H and O–H groups in total. The summed E-state index contributed by atoms with van der Waals surface area (Å²) in [4.78, 5) is 24.5. The highest BCUT2D eigenvalue weighted by Gasteiger charge is 2.35. The average Bonchev–Trinajstić information content (AvgIpc) is 3.12. The number of halogens is 3. The zero-order valence-corrected chi connectivity index (χ0v) is 18.9. The molecule has 0 saturated heterocycles. The van der Waals surface area contributed by atoms with Gasteiger partial charge in [0.2, 0.25) is 0 Å². The number of sulfone groups is 1. The first-order valence-electron chi connectivity index (χ1n) is 9.30. The van der Waals surface area contributed by atoms with Crippen molar-refractivity contribution in [3.05, 3.63) is 51.8 Å². The monoisotopic (exact) mass is 483 g/mol. The van der Waals surface area contributed by atoms with Crippen molar-refractivity contribution >= 4 is 21.6 Å². The Kier molecular flexibility index (Phi) is 5.73. The standard InChI is InChI=1S/C20H19F3N4O5S/c1-9-14(16(26(3)24-9)17-15(19(29)30)10(2)25-27(17)4)18(28)12-7-6-11(20(21,22)23)8-13(12)33(5,31)32/h6-8H,1-5H3,(H,29,30)/p-1. The summed E-state index contributed by atoms with van der Waals surface area (Å²) in [6.07, 6.45) is -4.14. The van der Waals surface area contributed by atoms with Crippen LogP contribution in [0.5, 0.6) is 0 Å². The van der Waals surface area contributed by atoms with Crippen molar-refractivity contribution in [3.8, 4) is 11.4 Å². The lowest BCUT2D eigenvalue weighted by atomic mass is 9.97. The number of carboxylic acid groups (broad SMARTS) is 1. The minimum absolute atomic E-state index is 0.000788. The van der Waals surface area contributed by atoms with Gasteiger partial charge in [-0.15, -0.1) is 0 Å². The van der Waals surface area contributed by atoms with E-state index in [-0.39, 0.29) is 33.9 Å². The zero-order chi connectivity index (χ0) is 25.0. The summed E-state index contributed by atoms with van der Waals surface area (Å²) in [6.45, 7) is 2.86. The molecule has 33 heavy (non-hydrogen) atoms.